The van der Waals surface area contributed by atoms with E-state index < -0.39 is 28.8 Å². The first-order valence-electron chi connectivity index (χ1n) is 22.9. The number of aliphatic hydroxyl groups excluding tert-OH is 3. The minimum absolute atomic E-state index is 0.00743. The van der Waals surface area contributed by atoms with Crippen LogP contribution in [0.15, 0.2) is 103 Å². The fraction of sp³-hybridized carbons (Fsp3) is 0.500. The van der Waals surface area contributed by atoms with Gasteiger partial charge >= 0.3 is 6.09 Å². The average molecular weight is 913 g/mol. The average Bonchev–Trinajstić information content (AvgIpc) is 3.32. The first-order chi connectivity index (χ1) is 32.2. The van der Waals surface area contributed by atoms with Crippen LogP contribution in [-0.4, -0.2) is 107 Å². The number of benzene rings is 2. The lowest BCUT2D eigenvalue weighted by molar-refractivity contribution is -0.384. The molecule has 2 aromatic carbocycles. The van der Waals surface area contributed by atoms with Crippen LogP contribution in [0.3, 0.4) is 0 Å². The molecule has 1 aromatic heterocycles. The largest absolute Gasteiger partial charge is 0.487 e. The van der Waals surface area contributed by atoms with Gasteiger partial charge in [0.05, 0.1) is 55.3 Å². The summed E-state index contributed by atoms with van der Waals surface area (Å²) in [4.78, 5) is 37.7. The fourth-order valence-electron chi connectivity index (χ4n) is 9.49. The van der Waals surface area contributed by atoms with Crippen LogP contribution in [0.25, 0.3) is 0 Å². The van der Waals surface area contributed by atoms with Crippen LogP contribution in [0.2, 0.25) is 0 Å². The molecule has 1 aliphatic heterocycles. The predicted octanol–water partition coefficient (Wildman–Crippen LogP) is 7.73. The van der Waals surface area contributed by atoms with Crippen LogP contribution < -0.4 is 9.47 Å². The summed E-state index contributed by atoms with van der Waals surface area (Å²) in [6.07, 6.45) is 9.66. The fourth-order valence-corrected chi connectivity index (χ4v) is 9.49. The van der Waals surface area contributed by atoms with E-state index in [4.69, 9.17) is 33.7 Å². The molecule has 356 valence electrons. The highest BCUT2D eigenvalue weighted by Gasteiger charge is 2.65. The van der Waals surface area contributed by atoms with Crippen LogP contribution in [0.1, 0.15) is 79.8 Å². The summed E-state index contributed by atoms with van der Waals surface area (Å²) in [5.41, 5.74) is 4.55. The van der Waals surface area contributed by atoms with Crippen molar-refractivity contribution >= 4 is 17.5 Å². The van der Waals surface area contributed by atoms with Crippen molar-refractivity contribution in [1.29, 1.82) is 0 Å². The van der Waals surface area contributed by atoms with Gasteiger partial charge in [-0.3, -0.25) is 20.0 Å². The number of amides is 1. The molecule has 1 saturated carbocycles. The molecule has 1 fully saturated rings. The zero-order valence-corrected chi connectivity index (χ0v) is 37.8. The van der Waals surface area contributed by atoms with Crippen molar-refractivity contribution in [3.05, 3.63) is 130 Å². The number of oxime groups is 1. The maximum Gasteiger partial charge on any atom is 0.410 e. The second kappa shape index (κ2) is 24.8. The van der Waals surface area contributed by atoms with E-state index >= 15 is 0 Å². The van der Waals surface area contributed by atoms with Crippen LogP contribution in [-0.2, 0) is 32.3 Å². The third-order valence-electron chi connectivity index (χ3n) is 12.4. The Labute approximate surface area is 386 Å². The Kier molecular flexibility index (Phi) is 18.7. The number of pyridine rings is 1. The van der Waals surface area contributed by atoms with Gasteiger partial charge in [-0.15, -0.1) is 13.2 Å². The maximum absolute atomic E-state index is 14.5. The van der Waals surface area contributed by atoms with Crippen molar-refractivity contribution in [3.63, 3.8) is 0 Å². The van der Waals surface area contributed by atoms with Crippen LogP contribution >= 0.6 is 0 Å². The molecule has 3 N–H and O–H groups in total. The standard InChI is InChI=1S/C50H64N4O12/c1-4-6-27-62-49(58)53(22-28-61-29-25-57)46-32-44(52-65-33-36-16-18-39(19-17-36)54(59)60)42-30-37(13-7-9-23-55)41(15-8-10-24-56)47-43-31-40(63-34-38-14-11-12-35(3)51-38)20-21-45(43)66-50(46,48(42)47)64-26-5-2/h4-5,11-12,14,16-21,30-31,37,41,46-48,55-57H,1-2,6-10,13,15,22-29,32-34H2,3H3/t37-,41+,46-,47+,48+,50+/m0/s1. The molecule has 16 heteroatoms. The number of rotatable bonds is 27. The molecule has 6 rings (SSSR count). The Hall–Kier alpha value is -5.65. The van der Waals surface area contributed by atoms with Crippen LogP contribution in [0.4, 0.5) is 10.5 Å². The normalized spacial score (nSPS) is 22.3. The van der Waals surface area contributed by atoms with Crippen molar-refractivity contribution in [3.8, 4) is 11.5 Å². The number of carbonyl (C=O) groups is 1. The number of carbonyl (C=O) groups excluding carboxylic acids is 1. The van der Waals surface area contributed by atoms with Crippen molar-refractivity contribution in [1.82, 2.24) is 9.88 Å². The molecule has 66 heavy (non-hydrogen) atoms. The molecule has 0 saturated heterocycles. The summed E-state index contributed by atoms with van der Waals surface area (Å²) >= 11 is 0. The molecule has 16 nitrogen and oxygen atoms in total. The lowest BCUT2D eigenvalue weighted by Crippen LogP contribution is -2.70. The number of unbranched alkanes of at least 4 members (excludes halogenated alkanes) is 2. The highest BCUT2D eigenvalue weighted by Crippen LogP contribution is 2.62. The minimum Gasteiger partial charge on any atom is -0.487 e. The topological polar surface area (TPSA) is 205 Å². The molecule has 2 heterocycles. The van der Waals surface area contributed by atoms with Gasteiger partial charge in [0.2, 0.25) is 5.79 Å². The van der Waals surface area contributed by atoms with Crippen molar-refractivity contribution in [2.45, 2.75) is 89.3 Å². The Morgan fingerprint density at radius 2 is 1.77 bits per heavy atom. The highest BCUT2D eigenvalue weighted by molar-refractivity contribution is 6.03. The van der Waals surface area contributed by atoms with Gasteiger partial charge in [-0.25, -0.2) is 4.79 Å². The molecule has 3 aliphatic rings. The van der Waals surface area contributed by atoms with Gasteiger partial charge in [-0.1, -0.05) is 42.3 Å². The SMILES string of the molecule is C=CCCOC(=O)N(CCOCCO)[C@H]1CC(=NOCc2ccc([N+](=O)[O-])cc2)C2=C[C@H](CCCCO)[C@@H](CCCCO)[C@@H]3c4cc(OCc5cccc(C)n5)ccc4O[C@@]1(OCC=C)[C@H]23. The number of non-ortho nitro benzene ring substituents is 1. The number of aromatic nitrogens is 1. The molecule has 0 unspecified atom stereocenters. The van der Waals surface area contributed by atoms with E-state index in [1.54, 1.807) is 29.2 Å². The van der Waals surface area contributed by atoms with Crippen LogP contribution in [0.5, 0.6) is 11.5 Å². The second-order valence-corrected chi connectivity index (χ2v) is 16.7. The number of nitro benzene ring substituents is 1. The molecule has 0 radical (unpaired) electrons. The summed E-state index contributed by atoms with van der Waals surface area (Å²) in [5, 5.41) is 45.7. The number of aliphatic hydroxyl groups is 3. The molecule has 2 aliphatic carbocycles. The van der Waals surface area contributed by atoms with E-state index in [-0.39, 0.29) is 95.9 Å². The summed E-state index contributed by atoms with van der Waals surface area (Å²) in [6.45, 7) is 10.2. The third kappa shape index (κ3) is 12.2. The summed E-state index contributed by atoms with van der Waals surface area (Å²) in [6, 6.07) is 16.7. The van der Waals surface area contributed by atoms with Gasteiger partial charge in [0, 0.05) is 55.5 Å². The Bertz CT molecular complexity index is 2150. The summed E-state index contributed by atoms with van der Waals surface area (Å²) in [5.74, 6) is -1.35. The quantitative estimate of drug-likeness (QED) is 0.0290. The molecule has 6 atom stereocenters. The van der Waals surface area contributed by atoms with Gasteiger partial charge < -0.3 is 43.8 Å². The molecule has 1 amide bonds. The second-order valence-electron chi connectivity index (χ2n) is 16.7. The Morgan fingerprint density at radius 1 is 0.985 bits per heavy atom. The van der Waals surface area contributed by atoms with E-state index in [1.165, 1.54) is 12.1 Å². The van der Waals surface area contributed by atoms with Crippen LogP contribution in [0, 0.1) is 34.8 Å². The van der Waals surface area contributed by atoms with Gasteiger partial charge in [0.15, 0.2) is 0 Å². The van der Waals surface area contributed by atoms with E-state index in [9.17, 15) is 30.2 Å². The maximum atomic E-state index is 14.5. The molecule has 0 spiro atoms. The van der Waals surface area contributed by atoms with Gasteiger partial charge in [0.1, 0.15) is 30.8 Å². The molecular formula is C50H64N4O12. The Morgan fingerprint density at radius 3 is 2.48 bits per heavy atom. The van der Waals surface area contributed by atoms with Crippen molar-refractivity contribution in [2.24, 2.45) is 22.9 Å². The number of hydrogen-bond acceptors (Lipinski definition) is 14. The zero-order chi connectivity index (χ0) is 46.9. The first-order valence-corrected chi connectivity index (χ1v) is 22.9. The number of nitro groups is 1. The predicted molar refractivity (Wildman–Crippen MR) is 247 cm³/mol. The number of hydrogen-bond donors (Lipinski definition) is 3. The van der Waals surface area contributed by atoms with Gasteiger partial charge in [0.25, 0.3) is 5.69 Å². The number of allylic oxidation sites excluding steroid dienone is 1. The van der Waals surface area contributed by atoms with Gasteiger partial charge in [-0.05, 0) is 104 Å². The monoisotopic (exact) mass is 912 g/mol. The number of fused-ring (bicyclic) bond motifs is 2. The Balaban J connectivity index is 1.55. The van der Waals surface area contributed by atoms with Crippen molar-refractivity contribution in [2.75, 3.05) is 52.8 Å². The lowest BCUT2D eigenvalue weighted by Gasteiger charge is -2.59. The number of ether oxygens (including phenoxy) is 5. The van der Waals surface area contributed by atoms with E-state index in [0.29, 0.717) is 42.0 Å². The summed E-state index contributed by atoms with van der Waals surface area (Å²) < 4.78 is 32.4. The summed E-state index contributed by atoms with van der Waals surface area (Å²) in [7, 11) is 0. The van der Waals surface area contributed by atoms with E-state index in [2.05, 4.69) is 24.2 Å². The minimum atomic E-state index is -1.55. The number of aryl methyl sites for hydroxylation is 1. The third-order valence-corrected chi connectivity index (χ3v) is 12.4. The smallest absolute Gasteiger partial charge is 0.410 e. The molecular weight excluding hydrogens is 849 g/mol. The molecule has 0 bridgehead atoms. The first kappa shape index (κ1) is 49.8. The molecule has 3 aromatic rings. The van der Waals surface area contributed by atoms with Crippen molar-refractivity contribution < 1.29 is 53.6 Å². The van der Waals surface area contributed by atoms with E-state index in [1.807, 2.05) is 43.3 Å². The number of nitrogens with zero attached hydrogens (tertiary/aromatic N) is 4. The van der Waals surface area contributed by atoms with Gasteiger partial charge in [-0.2, -0.15) is 0 Å². The highest BCUT2D eigenvalue weighted by atomic mass is 16.7. The zero-order valence-electron chi connectivity index (χ0n) is 37.8. The van der Waals surface area contributed by atoms with E-state index in [0.717, 1.165) is 48.2 Å². The lowest BCUT2D eigenvalue weighted by atomic mass is 9.55.